The van der Waals surface area contributed by atoms with Gasteiger partial charge in [0.1, 0.15) is 0 Å². The topological polar surface area (TPSA) is 127 Å². The van der Waals surface area contributed by atoms with Crippen LogP contribution in [0.15, 0.2) is 30.3 Å². The van der Waals surface area contributed by atoms with E-state index in [1.807, 2.05) is 13.0 Å². The molecule has 1 aliphatic carbocycles. The van der Waals surface area contributed by atoms with Crippen molar-refractivity contribution in [2.24, 2.45) is 5.92 Å². The van der Waals surface area contributed by atoms with Crippen molar-refractivity contribution in [3.8, 4) is 0 Å². The maximum absolute atomic E-state index is 12.4. The van der Waals surface area contributed by atoms with E-state index in [9.17, 15) is 14.4 Å². The quantitative estimate of drug-likeness (QED) is 0.459. The summed E-state index contributed by atoms with van der Waals surface area (Å²) in [5.41, 5.74) is 2.43. The third-order valence-corrected chi connectivity index (χ3v) is 6.20. The number of carboxylic acid groups (broad SMARTS) is 1. The third kappa shape index (κ3) is 7.06. The molecule has 0 radical (unpaired) electrons. The van der Waals surface area contributed by atoms with Crippen LogP contribution < -0.4 is 10.6 Å². The number of carbonyl (C=O) groups is 3. The zero-order chi connectivity index (χ0) is 24.0. The summed E-state index contributed by atoms with van der Waals surface area (Å²) in [6.07, 6.45) is 4.25. The van der Waals surface area contributed by atoms with Crippen LogP contribution in [0.25, 0.3) is 0 Å². The van der Waals surface area contributed by atoms with Crippen molar-refractivity contribution >= 4 is 23.7 Å². The predicted octanol–water partition coefficient (Wildman–Crippen LogP) is 3.61. The zero-order valence-electron chi connectivity index (χ0n) is 19.4. The van der Waals surface area contributed by atoms with E-state index in [4.69, 9.17) is 5.11 Å². The number of rotatable bonds is 9. The molecule has 4 N–H and O–H groups in total. The molecule has 2 aromatic rings. The summed E-state index contributed by atoms with van der Waals surface area (Å²) in [6.45, 7) is 1.89. The Balaban J connectivity index is 1.46. The Morgan fingerprint density at radius 2 is 1.94 bits per heavy atom. The first kappa shape index (κ1) is 24.3. The molecule has 0 bridgehead atoms. The molecule has 33 heavy (non-hydrogen) atoms. The molecule has 2 unspecified atom stereocenters. The van der Waals surface area contributed by atoms with Crippen LogP contribution in [0.4, 0.5) is 10.6 Å². The van der Waals surface area contributed by atoms with Gasteiger partial charge in [-0.1, -0.05) is 12.1 Å². The molecule has 0 spiro atoms. The van der Waals surface area contributed by atoms with E-state index in [0.717, 1.165) is 43.4 Å². The van der Waals surface area contributed by atoms with Crippen molar-refractivity contribution in [2.45, 2.75) is 57.4 Å². The van der Waals surface area contributed by atoms with Crippen LogP contribution >= 0.6 is 0 Å². The number of aromatic nitrogens is 2. The molecule has 1 aromatic carbocycles. The van der Waals surface area contributed by atoms with Gasteiger partial charge in [0.05, 0.1) is 6.42 Å². The molecule has 0 aliphatic heterocycles. The number of nitrogens with zero attached hydrogens (tertiary/aromatic N) is 2. The minimum Gasteiger partial charge on any atom is -0.465 e. The summed E-state index contributed by atoms with van der Waals surface area (Å²) in [6, 6.07) is 8.90. The van der Waals surface area contributed by atoms with Crippen molar-refractivity contribution in [3.05, 3.63) is 47.2 Å². The molecule has 3 amide bonds. The molecule has 3 rings (SSSR count). The second-order valence-electron chi connectivity index (χ2n) is 9.13. The second kappa shape index (κ2) is 11.0. The van der Waals surface area contributed by atoms with Crippen LogP contribution in [-0.4, -0.2) is 58.2 Å². The molecular weight excluding hydrogens is 422 g/mol. The standard InChI is InChI=1S/C24H33N5O4/c1-15(25-24(32)33)4-5-16-8-11-19(12-16)20-14-21(28-27-20)26-22(30)13-17-6-9-18(10-7-17)23(31)29(2)3/h6-7,9-10,14-16,19,25H,4-5,8,11-13H2,1-3H3,(H,32,33)(H2,26,27,28,30)/t15-,16?,19?/m0/s1. The van der Waals surface area contributed by atoms with Gasteiger partial charge in [0.15, 0.2) is 5.82 Å². The summed E-state index contributed by atoms with van der Waals surface area (Å²) in [7, 11) is 3.40. The van der Waals surface area contributed by atoms with E-state index in [-0.39, 0.29) is 24.3 Å². The predicted molar refractivity (Wildman–Crippen MR) is 125 cm³/mol. The lowest BCUT2D eigenvalue weighted by Crippen LogP contribution is -2.31. The zero-order valence-corrected chi connectivity index (χ0v) is 19.4. The maximum atomic E-state index is 12.4. The van der Waals surface area contributed by atoms with Gasteiger partial charge in [0, 0.05) is 43.4 Å². The lowest BCUT2D eigenvalue weighted by molar-refractivity contribution is -0.115. The van der Waals surface area contributed by atoms with Gasteiger partial charge in [0.2, 0.25) is 5.91 Å². The van der Waals surface area contributed by atoms with Crippen molar-refractivity contribution in [2.75, 3.05) is 19.4 Å². The molecule has 178 valence electrons. The Labute approximate surface area is 193 Å². The van der Waals surface area contributed by atoms with Gasteiger partial charge in [-0.3, -0.25) is 14.7 Å². The minimum absolute atomic E-state index is 0.0415. The third-order valence-electron chi connectivity index (χ3n) is 6.20. The molecule has 1 saturated carbocycles. The van der Waals surface area contributed by atoms with Crippen LogP contribution in [-0.2, 0) is 11.2 Å². The molecule has 9 nitrogen and oxygen atoms in total. The van der Waals surface area contributed by atoms with E-state index in [0.29, 0.717) is 23.2 Å². The number of carbonyl (C=O) groups excluding carboxylic acids is 2. The normalized spacial score (nSPS) is 18.5. The molecule has 1 aromatic heterocycles. The molecule has 9 heteroatoms. The lowest BCUT2D eigenvalue weighted by atomic mass is 9.96. The monoisotopic (exact) mass is 455 g/mol. The number of H-pyrrole nitrogens is 1. The van der Waals surface area contributed by atoms with Crippen molar-refractivity contribution in [1.82, 2.24) is 20.4 Å². The fourth-order valence-corrected chi connectivity index (χ4v) is 4.39. The SMILES string of the molecule is C[C@@H](CCC1CCC(c2cc(NC(=O)Cc3ccc(C(=O)N(C)C)cc3)n[nH]2)C1)NC(=O)O. The molecule has 1 heterocycles. The smallest absolute Gasteiger partial charge is 0.404 e. The largest absolute Gasteiger partial charge is 0.465 e. The molecule has 0 saturated heterocycles. The molecule has 1 fully saturated rings. The first-order valence-electron chi connectivity index (χ1n) is 11.4. The van der Waals surface area contributed by atoms with Crippen LogP contribution in [0.1, 0.15) is 66.6 Å². The van der Waals surface area contributed by atoms with Gasteiger partial charge in [-0.2, -0.15) is 5.10 Å². The van der Waals surface area contributed by atoms with Gasteiger partial charge < -0.3 is 20.6 Å². The van der Waals surface area contributed by atoms with E-state index < -0.39 is 6.09 Å². The van der Waals surface area contributed by atoms with E-state index in [1.54, 1.807) is 38.4 Å². The summed E-state index contributed by atoms with van der Waals surface area (Å²) in [5.74, 6) is 1.21. The summed E-state index contributed by atoms with van der Waals surface area (Å²) < 4.78 is 0. The number of benzene rings is 1. The van der Waals surface area contributed by atoms with E-state index in [1.165, 1.54) is 4.90 Å². The highest BCUT2D eigenvalue weighted by atomic mass is 16.4. The first-order chi connectivity index (χ1) is 15.7. The lowest BCUT2D eigenvalue weighted by Gasteiger charge is -2.14. The Kier molecular flexibility index (Phi) is 8.08. The number of anilines is 1. The molecule has 1 aliphatic rings. The number of hydrogen-bond acceptors (Lipinski definition) is 4. The van der Waals surface area contributed by atoms with Crippen molar-refractivity contribution in [3.63, 3.8) is 0 Å². The van der Waals surface area contributed by atoms with Crippen LogP contribution in [0.3, 0.4) is 0 Å². The van der Waals surface area contributed by atoms with Gasteiger partial charge in [0.25, 0.3) is 5.91 Å². The summed E-state index contributed by atoms with van der Waals surface area (Å²) >= 11 is 0. The average molecular weight is 456 g/mol. The summed E-state index contributed by atoms with van der Waals surface area (Å²) in [4.78, 5) is 36.6. The highest BCUT2D eigenvalue weighted by Crippen LogP contribution is 2.40. The Bertz CT molecular complexity index is 969. The highest BCUT2D eigenvalue weighted by Gasteiger charge is 2.27. The van der Waals surface area contributed by atoms with Gasteiger partial charge in [-0.25, -0.2) is 4.79 Å². The Hall–Kier alpha value is -3.36. The molecular formula is C24H33N5O4. The average Bonchev–Trinajstić information content (AvgIpc) is 3.41. The Morgan fingerprint density at radius 1 is 1.21 bits per heavy atom. The fourth-order valence-electron chi connectivity index (χ4n) is 4.39. The number of amides is 3. The van der Waals surface area contributed by atoms with Gasteiger partial charge >= 0.3 is 6.09 Å². The van der Waals surface area contributed by atoms with Crippen molar-refractivity contribution in [1.29, 1.82) is 0 Å². The van der Waals surface area contributed by atoms with Crippen LogP contribution in [0.5, 0.6) is 0 Å². The van der Waals surface area contributed by atoms with E-state index >= 15 is 0 Å². The second-order valence-corrected chi connectivity index (χ2v) is 9.13. The minimum atomic E-state index is -0.977. The highest BCUT2D eigenvalue weighted by molar-refractivity contribution is 5.94. The van der Waals surface area contributed by atoms with Crippen LogP contribution in [0.2, 0.25) is 0 Å². The number of nitrogens with one attached hydrogen (secondary N) is 3. The maximum Gasteiger partial charge on any atom is 0.404 e. The van der Waals surface area contributed by atoms with E-state index in [2.05, 4.69) is 20.8 Å². The van der Waals surface area contributed by atoms with Crippen LogP contribution in [0, 0.1) is 5.92 Å². The fraction of sp³-hybridized carbons (Fsp3) is 0.500. The summed E-state index contributed by atoms with van der Waals surface area (Å²) in [5, 5.41) is 21.5. The number of aromatic amines is 1. The number of hydrogen-bond donors (Lipinski definition) is 4. The molecule has 3 atom stereocenters. The first-order valence-corrected chi connectivity index (χ1v) is 11.4. The van der Waals surface area contributed by atoms with Gasteiger partial charge in [-0.05, 0) is 62.6 Å². The van der Waals surface area contributed by atoms with Gasteiger partial charge in [-0.15, -0.1) is 0 Å². The Morgan fingerprint density at radius 3 is 2.61 bits per heavy atom. The van der Waals surface area contributed by atoms with Crippen molar-refractivity contribution < 1.29 is 19.5 Å².